The summed E-state index contributed by atoms with van der Waals surface area (Å²) in [5.74, 6) is 0. The van der Waals surface area contributed by atoms with E-state index >= 15 is 0 Å². The van der Waals surface area contributed by atoms with Crippen LogP contribution in [0.5, 0.6) is 0 Å². The number of alkyl halides is 1. The number of nitrogens with zero attached hydrogens (tertiary/aromatic N) is 2. The molecule has 92 valence electrons. The minimum atomic E-state index is -0.379. The first kappa shape index (κ1) is 12.3. The number of likely N-dealkylation sites (N-methyl/N-ethyl adjacent to an activating group) is 1. The number of thiophene rings is 1. The van der Waals surface area contributed by atoms with Gasteiger partial charge in [-0.05, 0) is 37.0 Å². The Hall–Kier alpha value is -1.20. The van der Waals surface area contributed by atoms with Crippen LogP contribution in [-0.4, -0.2) is 30.0 Å². The zero-order valence-corrected chi connectivity index (χ0v) is 10.6. The Labute approximate surface area is 104 Å². The Morgan fingerprint density at radius 2 is 2.41 bits per heavy atom. The standard InChI is InChI=1S/C12H16FN3S/c1-14-5-2-10-8-16(6-4-13)15-12(10)11-3-7-17-9-11/h3,7-9,14H,2,4-6H2,1H3. The van der Waals surface area contributed by atoms with Crippen LogP contribution in [-0.2, 0) is 13.0 Å². The Bertz CT molecular complexity index is 450. The molecular weight excluding hydrogens is 237 g/mol. The minimum absolute atomic E-state index is 0.330. The van der Waals surface area contributed by atoms with Gasteiger partial charge in [0, 0.05) is 17.1 Å². The largest absolute Gasteiger partial charge is 0.319 e. The lowest BCUT2D eigenvalue weighted by Crippen LogP contribution is -2.10. The monoisotopic (exact) mass is 253 g/mol. The molecule has 3 nitrogen and oxygen atoms in total. The van der Waals surface area contributed by atoms with Gasteiger partial charge in [-0.2, -0.15) is 16.4 Å². The first-order valence-corrected chi connectivity index (χ1v) is 6.59. The van der Waals surface area contributed by atoms with Crippen LogP contribution in [0.1, 0.15) is 5.56 Å². The van der Waals surface area contributed by atoms with Gasteiger partial charge in [0.2, 0.25) is 0 Å². The topological polar surface area (TPSA) is 29.9 Å². The lowest BCUT2D eigenvalue weighted by molar-refractivity contribution is 0.427. The number of hydrogen-bond acceptors (Lipinski definition) is 3. The molecule has 2 aromatic rings. The molecule has 0 radical (unpaired) electrons. The smallest absolute Gasteiger partial charge is 0.109 e. The quantitative estimate of drug-likeness (QED) is 0.856. The third-order valence-electron chi connectivity index (χ3n) is 2.59. The van der Waals surface area contributed by atoms with E-state index in [1.165, 1.54) is 5.56 Å². The predicted molar refractivity (Wildman–Crippen MR) is 69.1 cm³/mol. The van der Waals surface area contributed by atoms with Gasteiger partial charge in [-0.1, -0.05) is 0 Å². The first-order valence-electron chi connectivity index (χ1n) is 5.64. The lowest BCUT2D eigenvalue weighted by Gasteiger charge is -1.99. The number of aryl methyl sites for hydroxylation is 1. The lowest BCUT2D eigenvalue weighted by atomic mass is 10.1. The van der Waals surface area contributed by atoms with E-state index in [0.29, 0.717) is 6.54 Å². The molecule has 0 fully saturated rings. The number of halogens is 1. The Morgan fingerprint density at radius 1 is 1.53 bits per heavy atom. The van der Waals surface area contributed by atoms with Gasteiger partial charge in [-0.15, -0.1) is 0 Å². The molecule has 2 heterocycles. The van der Waals surface area contributed by atoms with Crippen molar-refractivity contribution in [2.45, 2.75) is 13.0 Å². The summed E-state index contributed by atoms with van der Waals surface area (Å²) in [5, 5.41) is 11.7. The fourth-order valence-electron chi connectivity index (χ4n) is 1.75. The molecule has 1 N–H and O–H groups in total. The van der Waals surface area contributed by atoms with Crippen LogP contribution in [0.3, 0.4) is 0 Å². The van der Waals surface area contributed by atoms with Crippen LogP contribution < -0.4 is 5.32 Å². The van der Waals surface area contributed by atoms with E-state index in [2.05, 4.69) is 21.9 Å². The molecular formula is C12H16FN3S. The summed E-state index contributed by atoms with van der Waals surface area (Å²) in [4.78, 5) is 0. The van der Waals surface area contributed by atoms with Gasteiger partial charge in [0.15, 0.2) is 0 Å². The third kappa shape index (κ3) is 2.92. The minimum Gasteiger partial charge on any atom is -0.319 e. The molecule has 0 spiro atoms. The normalized spacial score (nSPS) is 10.9. The van der Waals surface area contributed by atoms with Gasteiger partial charge in [-0.3, -0.25) is 4.68 Å². The van der Waals surface area contributed by atoms with E-state index in [9.17, 15) is 4.39 Å². The molecule has 0 aromatic carbocycles. The van der Waals surface area contributed by atoms with E-state index in [4.69, 9.17) is 0 Å². The maximum absolute atomic E-state index is 12.3. The predicted octanol–water partition coefficient (Wildman–Crippen LogP) is 2.34. The molecule has 0 saturated carbocycles. The summed E-state index contributed by atoms with van der Waals surface area (Å²) in [5.41, 5.74) is 3.28. The maximum atomic E-state index is 12.3. The fourth-order valence-corrected chi connectivity index (χ4v) is 2.39. The second-order valence-corrected chi connectivity index (χ2v) is 4.60. The summed E-state index contributed by atoms with van der Waals surface area (Å²) < 4.78 is 14.0. The summed E-state index contributed by atoms with van der Waals surface area (Å²) in [6.45, 7) is 0.853. The highest BCUT2D eigenvalue weighted by molar-refractivity contribution is 7.08. The van der Waals surface area contributed by atoms with Crippen molar-refractivity contribution in [1.29, 1.82) is 0 Å². The molecule has 0 aliphatic heterocycles. The second kappa shape index (κ2) is 5.93. The van der Waals surface area contributed by atoms with Crippen molar-refractivity contribution in [1.82, 2.24) is 15.1 Å². The molecule has 0 bridgehead atoms. The first-order chi connectivity index (χ1) is 8.35. The Balaban J connectivity index is 2.27. The highest BCUT2D eigenvalue weighted by atomic mass is 32.1. The van der Waals surface area contributed by atoms with Crippen molar-refractivity contribution < 1.29 is 4.39 Å². The molecule has 17 heavy (non-hydrogen) atoms. The zero-order chi connectivity index (χ0) is 12.1. The van der Waals surface area contributed by atoms with Crippen LogP contribution in [0.2, 0.25) is 0 Å². The molecule has 2 rings (SSSR count). The maximum Gasteiger partial charge on any atom is 0.109 e. The average molecular weight is 253 g/mol. The molecule has 0 unspecified atom stereocenters. The van der Waals surface area contributed by atoms with E-state index in [1.54, 1.807) is 16.0 Å². The second-order valence-electron chi connectivity index (χ2n) is 3.82. The van der Waals surface area contributed by atoms with E-state index < -0.39 is 0 Å². The molecule has 0 saturated heterocycles. The van der Waals surface area contributed by atoms with Crippen molar-refractivity contribution in [3.63, 3.8) is 0 Å². The van der Waals surface area contributed by atoms with Gasteiger partial charge >= 0.3 is 0 Å². The molecule has 2 aromatic heterocycles. The van der Waals surface area contributed by atoms with E-state index in [-0.39, 0.29) is 6.67 Å². The number of aromatic nitrogens is 2. The highest BCUT2D eigenvalue weighted by Gasteiger charge is 2.11. The van der Waals surface area contributed by atoms with E-state index in [1.807, 2.05) is 18.6 Å². The average Bonchev–Trinajstić information content (AvgIpc) is 2.95. The summed E-state index contributed by atoms with van der Waals surface area (Å²) in [7, 11) is 1.93. The van der Waals surface area contributed by atoms with Gasteiger partial charge in [-0.25, -0.2) is 4.39 Å². The SMILES string of the molecule is CNCCc1cn(CCF)nc1-c1ccsc1. The van der Waals surface area contributed by atoms with Gasteiger partial charge in [0.25, 0.3) is 0 Å². The van der Waals surface area contributed by atoms with Gasteiger partial charge < -0.3 is 5.32 Å². The van der Waals surface area contributed by atoms with Crippen LogP contribution >= 0.6 is 11.3 Å². The molecule has 0 aliphatic rings. The van der Waals surface area contributed by atoms with Crippen LogP contribution in [0, 0.1) is 0 Å². The number of nitrogens with one attached hydrogen (secondary N) is 1. The van der Waals surface area contributed by atoms with Gasteiger partial charge in [0.1, 0.15) is 6.67 Å². The Kier molecular flexibility index (Phi) is 4.28. The van der Waals surface area contributed by atoms with Crippen molar-refractivity contribution in [2.24, 2.45) is 0 Å². The fraction of sp³-hybridized carbons (Fsp3) is 0.417. The zero-order valence-electron chi connectivity index (χ0n) is 9.82. The van der Waals surface area contributed by atoms with Crippen molar-refractivity contribution in [2.75, 3.05) is 20.3 Å². The van der Waals surface area contributed by atoms with E-state index in [0.717, 1.165) is 24.2 Å². The number of rotatable bonds is 6. The van der Waals surface area contributed by atoms with Crippen molar-refractivity contribution in [3.8, 4) is 11.3 Å². The molecule has 0 amide bonds. The van der Waals surface area contributed by atoms with Crippen molar-refractivity contribution >= 4 is 11.3 Å². The van der Waals surface area contributed by atoms with Crippen LogP contribution in [0.4, 0.5) is 4.39 Å². The molecule has 0 aliphatic carbocycles. The summed E-state index contributed by atoms with van der Waals surface area (Å²) >= 11 is 1.65. The highest BCUT2D eigenvalue weighted by Crippen LogP contribution is 2.24. The van der Waals surface area contributed by atoms with Gasteiger partial charge in [0.05, 0.1) is 12.2 Å². The molecule has 5 heteroatoms. The molecule has 0 atom stereocenters. The number of hydrogen-bond donors (Lipinski definition) is 1. The Morgan fingerprint density at radius 3 is 3.06 bits per heavy atom. The van der Waals surface area contributed by atoms with Crippen LogP contribution in [0.15, 0.2) is 23.0 Å². The summed E-state index contributed by atoms with van der Waals surface area (Å²) in [6, 6.07) is 2.05. The summed E-state index contributed by atoms with van der Waals surface area (Å²) in [6.07, 6.45) is 2.86. The van der Waals surface area contributed by atoms with Crippen molar-refractivity contribution in [3.05, 3.63) is 28.6 Å². The third-order valence-corrected chi connectivity index (χ3v) is 3.27. The van der Waals surface area contributed by atoms with Crippen LogP contribution in [0.25, 0.3) is 11.3 Å².